The van der Waals surface area contributed by atoms with Crippen LogP contribution in [0.2, 0.25) is 0 Å². The highest BCUT2D eigenvalue weighted by Crippen LogP contribution is 2.26. The fourth-order valence-corrected chi connectivity index (χ4v) is 2.58. The van der Waals surface area contributed by atoms with Gasteiger partial charge in [-0.15, -0.1) is 0 Å². The Morgan fingerprint density at radius 2 is 2.18 bits per heavy atom. The number of methoxy groups -OCH3 is 1. The minimum atomic E-state index is 0.251. The van der Waals surface area contributed by atoms with Gasteiger partial charge >= 0.3 is 0 Å². The quantitative estimate of drug-likeness (QED) is 0.873. The van der Waals surface area contributed by atoms with Crippen LogP contribution in [0.25, 0.3) is 0 Å². The van der Waals surface area contributed by atoms with Crippen molar-refractivity contribution in [1.29, 1.82) is 0 Å². The van der Waals surface area contributed by atoms with Gasteiger partial charge in [0.05, 0.1) is 13.2 Å². The zero-order valence-electron chi connectivity index (χ0n) is 10.1. The van der Waals surface area contributed by atoms with Crippen LogP contribution in [0.1, 0.15) is 24.1 Å². The summed E-state index contributed by atoms with van der Waals surface area (Å²) in [6, 6.07) is 10.6. The van der Waals surface area contributed by atoms with Gasteiger partial charge in [0, 0.05) is 0 Å². The molecule has 0 aliphatic rings. The summed E-state index contributed by atoms with van der Waals surface area (Å²) in [6.45, 7) is 3.07. The van der Waals surface area contributed by atoms with E-state index in [9.17, 15) is 0 Å². The first kappa shape index (κ1) is 12.1. The Balaban J connectivity index is 2.32. The van der Waals surface area contributed by atoms with Crippen LogP contribution in [-0.4, -0.2) is 13.7 Å². The summed E-state index contributed by atoms with van der Waals surface area (Å²) in [5.74, 6) is 0.903. The van der Waals surface area contributed by atoms with Gasteiger partial charge in [-0.05, 0) is 46.6 Å². The molecular formula is C14H17NOS. The second-order valence-corrected chi connectivity index (χ2v) is 4.60. The van der Waals surface area contributed by atoms with E-state index in [-0.39, 0.29) is 6.04 Å². The first-order valence-electron chi connectivity index (χ1n) is 5.74. The molecule has 0 fully saturated rings. The second-order valence-electron chi connectivity index (χ2n) is 3.82. The Kier molecular flexibility index (Phi) is 4.18. The summed E-state index contributed by atoms with van der Waals surface area (Å²) in [6.07, 6.45) is 0. The fraction of sp³-hybridized carbons (Fsp3) is 0.286. The van der Waals surface area contributed by atoms with Crippen molar-refractivity contribution < 1.29 is 4.74 Å². The lowest BCUT2D eigenvalue weighted by Crippen LogP contribution is -2.21. The lowest BCUT2D eigenvalue weighted by Gasteiger charge is -2.18. The molecule has 1 N–H and O–H groups in total. The van der Waals surface area contributed by atoms with E-state index in [1.54, 1.807) is 18.4 Å². The van der Waals surface area contributed by atoms with Gasteiger partial charge in [-0.2, -0.15) is 11.3 Å². The highest BCUT2D eigenvalue weighted by atomic mass is 32.1. The number of thiophene rings is 1. The third kappa shape index (κ3) is 2.87. The smallest absolute Gasteiger partial charge is 0.119 e. The molecule has 0 amide bonds. The molecule has 2 rings (SSSR count). The minimum absolute atomic E-state index is 0.251. The Labute approximate surface area is 106 Å². The van der Waals surface area contributed by atoms with E-state index in [1.165, 1.54) is 11.1 Å². The molecule has 1 aromatic carbocycles. The zero-order chi connectivity index (χ0) is 12.1. The molecule has 1 atom stereocenters. The SMILES string of the molecule is CCNC(c1ccsc1)c1cccc(OC)c1. The molecule has 2 aromatic rings. The average molecular weight is 247 g/mol. The molecule has 1 heterocycles. The number of nitrogens with one attached hydrogen (secondary N) is 1. The predicted molar refractivity (Wildman–Crippen MR) is 72.8 cm³/mol. The van der Waals surface area contributed by atoms with Gasteiger partial charge in [-0.3, -0.25) is 0 Å². The Morgan fingerprint density at radius 1 is 1.29 bits per heavy atom. The third-order valence-corrected chi connectivity index (χ3v) is 3.41. The molecule has 0 bridgehead atoms. The molecule has 1 unspecified atom stereocenters. The molecule has 0 spiro atoms. The highest BCUT2D eigenvalue weighted by molar-refractivity contribution is 7.08. The van der Waals surface area contributed by atoms with Crippen LogP contribution in [-0.2, 0) is 0 Å². The monoisotopic (exact) mass is 247 g/mol. The van der Waals surface area contributed by atoms with E-state index in [0.717, 1.165) is 12.3 Å². The number of hydrogen-bond acceptors (Lipinski definition) is 3. The highest BCUT2D eigenvalue weighted by Gasteiger charge is 2.13. The number of hydrogen-bond donors (Lipinski definition) is 1. The van der Waals surface area contributed by atoms with E-state index in [1.807, 2.05) is 12.1 Å². The van der Waals surface area contributed by atoms with Crippen molar-refractivity contribution in [2.75, 3.05) is 13.7 Å². The topological polar surface area (TPSA) is 21.3 Å². The maximum Gasteiger partial charge on any atom is 0.119 e. The van der Waals surface area contributed by atoms with Gasteiger partial charge in [0.15, 0.2) is 0 Å². The van der Waals surface area contributed by atoms with Crippen molar-refractivity contribution in [3.05, 3.63) is 52.2 Å². The average Bonchev–Trinajstić information content (AvgIpc) is 2.89. The van der Waals surface area contributed by atoms with Crippen LogP contribution in [0, 0.1) is 0 Å². The van der Waals surface area contributed by atoms with Crippen LogP contribution in [0.4, 0.5) is 0 Å². The van der Waals surface area contributed by atoms with E-state index in [0.29, 0.717) is 0 Å². The first-order chi connectivity index (χ1) is 8.35. The standard InChI is InChI=1S/C14H17NOS/c1-3-15-14(12-7-8-17-10-12)11-5-4-6-13(9-11)16-2/h4-10,14-15H,3H2,1-2H3. The minimum Gasteiger partial charge on any atom is -0.497 e. The molecule has 1 aromatic heterocycles. The predicted octanol–water partition coefficient (Wildman–Crippen LogP) is 3.46. The van der Waals surface area contributed by atoms with Gasteiger partial charge in [0.1, 0.15) is 5.75 Å². The summed E-state index contributed by atoms with van der Waals surface area (Å²) in [7, 11) is 1.70. The molecule has 17 heavy (non-hydrogen) atoms. The molecule has 0 radical (unpaired) electrons. The van der Waals surface area contributed by atoms with Crippen molar-refractivity contribution in [1.82, 2.24) is 5.32 Å². The summed E-state index contributed by atoms with van der Waals surface area (Å²) < 4.78 is 5.28. The summed E-state index contributed by atoms with van der Waals surface area (Å²) >= 11 is 1.73. The zero-order valence-corrected chi connectivity index (χ0v) is 11.0. The van der Waals surface area contributed by atoms with Gasteiger partial charge in [-0.25, -0.2) is 0 Å². The Morgan fingerprint density at radius 3 is 2.82 bits per heavy atom. The van der Waals surface area contributed by atoms with Crippen molar-refractivity contribution in [2.24, 2.45) is 0 Å². The van der Waals surface area contributed by atoms with E-state index in [2.05, 4.69) is 41.2 Å². The van der Waals surface area contributed by atoms with Crippen molar-refractivity contribution >= 4 is 11.3 Å². The molecule has 0 aliphatic heterocycles. The molecule has 2 nitrogen and oxygen atoms in total. The number of rotatable bonds is 5. The van der Waals surface area contributed by atoms with E-state index >= 15 is 0 Å². The third-order valence-electron chi connectivity index (χ3n) is 2.71. The lowest BCUT2D eigenvalue weighted by atomic mass is 10.0. The van der Waals surface area contributed by atoms with Crippen molar-refractivity contribution in [2.45, 2.75) is 13.0 Å². The van der Waals surface area contributed by atoms with Crippen molar-refractivity contribution in [3.63, 3.8) is 0 Å². The van der Waals surface area contributed by atoms with Gasteiger partial charge in [0.25, 0.3) is 0 Å². The molecule has 0 saturated heterocycles. The fourth-order valence-electron chi connectivity index (χ4n) is 1.89. The Bertz CT molecular complexity index is 453. The summed E-state index contributed by atoms with van der Waals surface area (Å²) in [5, 5.41) is 7.80. The summed E-state index contributed by atoms with van der Waals surface area (Å²) in [5.41, 5.74) is 2.55. The van der Waals surface area contributed by atoms with Gasteiger partial charge in [-0.1, -0.05) is 19.1 Å². The molecule has 0 aliphatic carbocycles. The number of ether oxygens (including phenoxy) is 1. The number of benzene rings is 1. The van der Waals surface area contributed by atoms with E-state index in [4.69, 9.17) is 4.74 Å². The van der Waals surface area contributed by atoms with Crippen molar-refractivity contribution in [3.8, 4) is 5.75 Å². The summed E-state index contributed by atoms with van der Waals surface area (Å²) in [4.78, 5) is 0. The molecule has 90 valence electrons. The van der Waals surface area contributed by atoms with Crippen LogP contribution in [0.5, 0.6) is 5.75 Å². The van der Waals surface area contributed by atoms with Crippen LogP contribution < -0.4 is 10.1 Å². The normalized spacial score (nSPS) is 12.4. The molecule has 3 heteroatoms. The van der Waals surface area contributed by atoms with Gasteiger partial charge < -0.3 is 10.1 Å². The largest absolute Gasteiger partial charge is 0.497 e. The van der Waals surface area contributed by atoms with Crippen LogP contribution in [0.15, 0.2) is 41.1 Å². The lowest BCUT2D eigenvalue weighted by molar-refractivity contribution is 0.413. The Hall–Kier alpha value is -1.32. The maximum absolute atomic E-state index is 5.28. The van der Waals surface area contributed by atoms with Gasteiger partial charge in [0.2, 0.25) is 0 Å². The van der Waals surface area contributed by atoms with Crippen LogP contribution in [0.3, 0.4) is 0 Å². The molecular weight excluding hydrogens is 230 g/mol. The second kappa shape index (κ2) is 5.84. The van der Waals surface area contributed by atoms with E-state index < -0.39 is 0 Å². The van der Waals surface area contributed by atoms with Crippen LogP contribution >= 0.6 is 11.3 Å². The maximum atomic E-state index is 5.28. The first-order valence-corrected chi connectivity index (χ1v) is 6.69. The molecule has 0 saturated carbocycles.